The molecule has 0 aliphatic rings. The van der Waals surface area contributed by atoms with Gasteiger partial charge in [-0.2, -0.15) is 5.10 Å². The van der Waals surface area contributed by atoms with Crippen LogP contribution in [-0.4, -0.2) is 20.6 Å². The van der Waals surface area contributed by atoms with Gasteiger partial charge in [-0.15, -0.1) is 0 Å². The SMILES string of the molecule is O=C(Cn1ncsc1=O)Nc1ccccc1[N+](=O)[O-]. The lowest BCUT2D eigenvalue weighted by Crippen LogP contribution is -2.25. The maximum absolute atomic E-state index is 11.7. The molecule has 2 rings (SSSR count). The molecular formula is C10H8N4O4S. The molecule has 0 unspecified atom stereocenters. The Morgan fingerprint density at radius 1 is 1.47 bits per heavy atom. The summed E-state index contributed by atoms with van der Waals surface area (Å²) in [6.07, 6.45) is 0. The van der Waals surface area contributed by atoms with Gasteiger partial charge in [0.1, 0.15) is 17.7 Å². The van der Waals surface area contributed by atoms with Crippen LogP contribution in [0.25, 0.3) is 0 Å². The number of nitro benzene ring substituents is 1. The van der Waals surface area contributed by atoms with Crippen LogP contribution in [0.1, 0.15) is 0 Å². The van der Waals surface area contributed by atoms with Gasteiger partial charge in [0.2, 0.25) is 5.91 Å². The molecule has 8 nitrogen and oxygen atoms in total. The number of anilines is 1. The fraction of sp³-hybridized carbons (Fsp3) is 0.100. The second-order valence-corrected chi connectivity index (χ2v) is 4.28. The monoisotopic (exact) mass is 280 g/mol. The Kier molecular flexibility index (Phi) is 3.66. The normalized spacial score (nSPS) is 10.1. The van der Waals surface area contributed by atoms with Gasteiger partial charge in [0.05, 0.1) is 4.92 Å². The predicted octanol–water partition coefficient (Wildman–Crippen LogP) is 0.852. The number of hydrogen-bond donors (Lipinski definition) is 1. The summed E-state index contributed by atoms with van der Waals surface area (Å²) in [5, 5.41) is 16.8. The van der Waals surface area contributed by atoms with Crippen molar-refractivity contribution >= 4 is 28.6 Å². The molecule has 0 spiro atoms. The van der Waals surface area contributed by atoms with Crippen LogP contribution < -0.4 is 10.2 Å². The number of hydrogen-bond acceptors (Lipinski definition) is 6. The van der Waals surface area contributed by atoms with Gasteiger partial charge in [0, 0.05) is 6.07 Å². The predicted molar refractivity (Wildman–Crippen MR) is 68.1 cm³/mol. The molecule has 0 radical (unpaired) electrons. The first-order chi connectivity index (χ1) is 9.08. The zero-order chi connectivity index (χ0) is 13.8. The van der Waals surface area contributed by atoms with E-state index in [2.05, 4.69) is 10.4 Å². The summed E-state index contributed by atoms with van der Waals surface area (Å²) in [6, 6.07) is 5.76. The molecule has 0 saturated carbocycles. The average molecular weight is 280 g/mol. The van der Waals surface area contributed by atoms with Crippen molar-refractivity contribution in [3.63, 3.8) is 0 Å². The fourth-order valence-corrected chi connectivity index (χ4v) is 1.89. The highest BCUT2D eigenvalue weighted by Crippen LogP contribution is 2.22. The van der Waals surface area contributed by atoms with E-state index in [0.29, 0.717) is 0 Å². The molecule has 1 heterocycles. The van der Waals surface area contributed by atoms with Crippen molar-refractivity contribution in [2.24, 2.45) is 0 Å². The van der Waals surface area contributed by atoms with Gasteiger partial charge in [-0.05, 0) is 6.07 Å². The van der Waals surface area contributed by atoms with E-state index in [0.717, 1.165) is 16.0 Å². The average Bonchev–Trinajstić information content (AvgIpc) is 2.75. The van der Waals surface area contributed by atoms with Crippen LogP contribution in [0.15, 0.2) is 34.6 Å². The Morgan fingerprint density at radius 2 is 2.21 bits per heavy atom. The molecular weight excluding hydrogens is 272 g/mol. The molecule has 0 aliphatic heterocycles. The highest BCUT2D eigenvalue weighted by Gasteiger charge is 2.15. The second-order valence-electron chi connectivity index (χ2n) is 3.48. The van der Waals surface area contributed by atoms with E-state index in [9.17, 15) is 19.7 Å². The van der Waals surface area contributed by atoms with Gasteiger partial charge in [0.25, 0.3) is 5.69 Å². The minimum Gasteiger partial charge on any atom is -0.319 e. The molecule has 9 heteroatoms. The number of nitrogens with one attached hydrogen (secondary N) is 1. The third-order valence-corrected chi connectivity index (χ3v) is 2.83. The van der Waals surface area contributed by atoms with Crippen LogP contribution in [0.5, 0.6) is 0 Å². The molecule has 19 heavy (non-hydrogen) atoms. The topological polar surface area (TPSA) is 107 Å². The zero-order valence-electron chi connectivity index (χ0n) is 9.48. The van der Waals surface area contributed by atoms with Gasteiger partial charge in [0.15, 0.2) is 0 Å². The number of carbonyl (C=O) groups excluding carboxylic acids is 1. The summed E-state index contributed by atoms with van der Waals surface area (Å²) in [5.41, 5.74) is 1.20. The van der Waals surface area contributed by atoms with Gasteiger partial charge >= 0.3 is 4.87 Å². The van der Waals surface area contributed by atoms with Crippen molar-refractivity contribution in [2.75, 3.05) is 5.32 Å². The molecule has 1 aromatic carbocycles. The molecule has 0 bridgehead atoms. The highest BCUT2D eigenvalue weighted by atomic mass is 32.1. The minimum atomic E-state index is -0.593. The quantitative estimate of drug-likeness (QED) is 0.660. The number of rotatable bonds is 4. The maximum atomic E-state index is 11.7. The summed E-state index contributed by atoms with van der Waals surface area (Å²) < 4.78 is 0.981. The lowest BCUT2D eigenvalue weighted by molar-refractivity contribution is -0.383. The van der Waals surface area contributed by atoms with E-state index in [1.54, 1.807) is 6.07 Å². The Labute approximate surface area is 110 Å². The van der Waals surface area contributed by atoms with Crippen LogP contribution in [0.2, 0.25) is 0 Å². The molecule has 1 N–H and O–H groups in total. The molecule has 2 aromatic rings. The first-order valence-corrected chi connectivity index (χ1v) is 6.00. The Hall–Kier alpha value is -2.55. The van der Waals surface area contributed by atoms with Crippen LogP contribution in [0.4, 0.5) is 11.4 Å². The third-order valence-electron chi connectivity index (χ3n) is 2.22. The van der Waals surface area contributed by atoms with Crippen molar-refractivity contribution < 1.29 is 9.72 Å². The van der Waals surface area contributed by atoms with E-state index in [1.165, 1.54) is 23.7 Å². The molecule has 0 atom stereocenters. The number of para-hydroxylation sites is 2. The molecule has 0 aliphatic carbocycles. The number of carbonyl (C=O) groups is 1. The number of aromatic nitrogens is 2. The van der Waals surface area contributed by atoms with Crippen molar-refractivity contribution in [2.45, 2.75) is 6.54 Å². The molecule has 98 valence electrons. The van der Waals surface area contributed by atoms with Gasteiger partial charge in [-0.25, -0.2) is 4.68 Å². The van der Waals surface area contributed by atoms with Crippen LogP contribution in [0.3, 0.4) is 0 Å². The number of amides is 1. The Balaban J connectivity index is 2.14. The van der Waals surface area contributed by atoms with Crippen LogP contribution in [-0.2, 0) is 11.3 Å². The van der Waals surface area contributed by atoms with Gasteiger partial charge in [-0.3, -0.25) is 19.7 Å². The summed E-state index contributed by atoms with van der Waals surface area (Å²) >= 11 is 0.869. The zero-order valence-corrected chi connectivity index (χ0v) is 10.3. The summed E-state index contributed by atoms with van der Waals surface area (Å²) in [4.78, 5) is 32.7. The summed E-state index contributed by atoms with van der Waals surface area (Å²) in [5.74, 6) is -0.553. The fourth-order valence-electron chi connectivity index (χ4n) is 1.40. The van der Waals surface area contributed by atoms with Crippen molar-refractivity contribution in [3.05, 3.63) is 49.6 Å². The second kappa shape index (κ2) is 5.40. The lowest BCUT2D eigenvalue weighted by Gasteiger charge is -2.05. The van der Waals surface area contributed by atoms with Crippen molar-refractivity contribution in [1.82, 2.24) is 9.78 Å². The molecule has 1 amide bonds. The van der Waals surface area contributed by atoms with E-state index in [-0.39, 0.29) is 22.8 Å². The highest BCUT2D eigenvalue weighted by molar-refractivity contribution is 7.06. The standard InChI is InChI=1S/C10H8N4O4S/c15-9(5-13-10(16)19-6-11-13)12-7-3-1-2-4-8(7)14(17)18/h1-4,6H,5H2,(H,12,15). The van der Waals surface area contributed by atoms with Crippen LogP contribution >= 0.6 is 11.3 Å². The lowest BCUT2D eigenvalue weighted by atomic mass is 10.2. The Morgan fingerprint density at radius 3 is 2.84 bits per heavy atom. The number of nitrogens with zero attached hydrogens (tertiary/aromatic N) is 3. The van der Waals surface area contributed by atoms with Gasteiger partial charge < -0.3 is 5.32 Å². The largest absolute Gasteiger partial charge is 0.325 e. The van der Waals surface area contributed by atoms with Crippen molar-refractivity contribution in [3.8, 4) is 0 Å². The van der Waals surface area contributed by atoms with Crippen LogP contribution in [0, 0.1) is 10.1 Å². The van der Waals surface area contributed by atoms with Crippen molar-refractivity contribution in [1.29, 1.82) is 0 Å². The third kappa shape index (κ3) is 3.01. The minimum absolute atomic E-state index is 0.0841. The summed E-state index contributed by atoms with van der Waals surface area (Å²) in [7, 11) is 0. The first-order valence-electron chi connectivity index (χ1n) is 5.12. The molecule has 0 fully saturated rings. The van der Waals surface area contributed by atoms with Gasteiger partial charge in [-0.1, -0.05) is 23.5 Å². The molecule has 0 saturated heterocycles. The van der Waals surface area contributed by atoms with E-state index >= 15 is 0 Å². The smallest absolute Gasteiger partial charge is 0.319 e. The van der Waals surface area contributed by atoms with E-state index < -0.39 is 10.8 Å². The first kappa shape index (κ1) is 12.9. The van der Waals surface area contributed by atoms with E-state index in [1.807, 2.05) is 0 Å². The number of benzene rings is 1. The Bertz CT molecular complexity index is 678. The maximum Gasteiger partial charge on any atom is 0.325 e. The van der Waals surface area contributed by atoms with E-state index in [4.69, 9.17) is 0 Å². The summed E-state index contributed by atoms with van der Waals surface area (Å²) in [6.45, 7) is -0.283. The molecule has 1 aromatic heterocycles. The number of nitro groups is 1.